The number of nitrogens with one attached hydrogen (secondary N) is 1. The molecule has 112 valence electrons. The van der Waals surface area contributed by atoms with Crippen LogP contribution in [0.1, 0.15) is 43.2 Å². The van der Waals surface area contributed by atoms with Gasteiger partial charge in [0.15, 0.2) is 0 Å². The minimum atomic E-state index is 0.686. The summed E-state index contributed by atoms with van der Waals surface area (Å²) in [6, 6.07) is 7.54. The average molecular weight is 274 g/mol. The lowest BCUT2D eigenvalue weighted by Gasteiger charge is -2.30. The van der Waals surface area contributed by atoms with E-state index in [1.165, 1.54) is 48.9 Å². The fourth-order valence-electron chi connectivity index (χ4n) is 3.61. The minimum Gasteiger partial charge on any atom is -0.374 e. The molecule has 20 heavy (non-hydrogen) atoms. The highest BCUT2D eigenvalue weighted by molar-refractivity contribution is 5.50. The zero-order chi connectivity index (χ0) is 14.5. The van der Waals surface area contributed by atoms with Crippen LogP contribution in [0.4, 0.5) is 5.69 Å². The third-order valence-corrected chi connectivity index (χ3v) is 4.69. The van der Waals surface area contributed by atoms with E-state index >= 15 is 0 Å². The van der Waals surface area contributed by atoms with Crippen LogP contribution in [0.2, 0.25) is 0 Å². The summed E-state index contributed by atoms with van der Waals surface area (Å²) in [5, 5.41) is 3.55. The van der Waals surface area contributed by atoms with Gasteiger partial charge in [0.25, 0.3) is 0 Å². The Kier molecular flexibility index (Phi) is 5.47. The first-order valence-electron chi connectivity index (χ1n) is 8.07. The largest absolute Gasteiger partial charge is 0.374 e. The maximum absolute atomic E-state index is 3.55. The van der Waals surface area contributed by atoms with Crippen molar-refractivity contribution in [1.29, 1.82) is 0 Å². The molecule has 2 atom stereocenters. The van der Waals surface area contributed by atoms with Crippen molar-refractivity contribution in [2.24, 2.45) is 5.92 Å². The molecule has 2 unspecified atom stereocenters. The Hall–Kier alpha value is -1.02. The van der Waals surface area contributed by atoms with Crippen molar-refractivity contribution >= 4 is 5.69 Å². The van der Waals surface area contributed by atoms with Gasteiger partial charge in [0.1, 0.15) is 0 Å². The molecule has 0 bridgehead atoms. The van der Waals surface area contributed by atoms with Gasteiger partial charge in [-0.1, -0.05) is 25.3 Å². The van der Waals surface area contributed by atoms with E-state index in [-0.39, 0.29) is 0 Å². The summed E-state index contributed by atoms with van der Waals surface area (Å²) in [6.07, 6.45) is 6.88. The normalized spacial score (nSPS) is 23.4. The van der Waals surface area contributed by atoms with Crippen molar-refractivity contribution in [2.75, 3.05) is 25.5 Å². The van der Waals surface area contributed by atoms with E-state index in [4.69, 9.17) is 0 Å². The number of anilines is 1. The summed E-state index contributed by atoms with van der Waals surface area (Å²) < 4.78 is 0. The second-order valence-electron chi connectivity index (χ2n) is 6.52. The van der Waals surface area contributed by atoms with E-state index in [1.807, 2.05) is 0 Å². The third kappa shape index (κ3) is 3.99. The van der Waals surface area contributed by atoms with Gasteiger partial charge in [0.05, 0.1) is 0 Å². The van der Waals surface area contributed by atoms with Crippen molar-refractivity contribution < 1.29 is 0 Å². The van der Waals surface area contributed by atoms with E-state index in [2.05, 4.69) is 56.4 Å². The number of hydrogen-bond acceptors (Lipinski definition) is 2. The van der Waals surface area contributed by atoms with E-state index in [1.54, 1.807) is 0 Å². The molecule has 0 aromatic heterocycles. The highest BCUT2D eigenvalue weighted by Gasteiger charge is 2.23. The second kappa shape index (κ2) is 7.12. The summed E-state index contributed by atoms with van der Waals surface area (Å²) in [5.74, 6) is 0.772. The molecule has 1 aromatic rings. The number of rotatable bonds is 4. The van der Waals surface area contributed by atoms with E-state index in [0.29, 0.717) is 6.04 Å². The molecule has 2 nitrogen and oxygen atoms in total. The first kappa shape index (κ1) is 15.4. The Morgan fingerprint density at radius 3 is 2.35 bits per heavy atom. The molecule has 1 fully saturated rings. The van der Waals surface area contributed by atoms with Gasteiger partial charge >= 0.3 is 0 Å². The third-order valence-electron chi connectivity index (χ3n) is 4.69. The Morgan fingerprint density at radius 1 is 1.05 bits per heavy atom. The average Bonchev–Trinajstić information content (AvgIpc) is 2.62. The minimum absolute atomic E-state index is 0.686. The first-order chi connectivity index (χ1) is 9.60. The maximum atomic E-state index is 3.55. The molecule has 0 radical (unpaired) electrons. The highest BCUT2D eigenvalue weighted by Crippen LogP contribution is 2.26. The number of hydrogen-bond donors (Lipinski definition) is 1. The van der Waals surface area contributed by atoms with Crippen LogP contribution in [0, 0.1) is 19.8 Å². The van der Waals surface area contributed by atoms with Gasteiger partial charge in [-0.15, -0.1) is 0 Å². The summed E-state index contributed by atoms with van der Waals surface area (Å²) in [6.45, 7) is 5.53. The zero-order valence-electron chi connectivity index (χ0n) is 13.6. The lowest BCUT2D eigenvalue weighted by Crippen LogP contribution is -2.39. The molecule has 0 amide bonds. The second-order valence-corrected chi connectivity index (χ2v) is 6.52. The molecule has 1 saturated carbocycles. The Balaban J connectivity index is 2.06. The number of aryl methyl sites for hydroxylation is 2. The van der Waals surface area contributed by atoms with Crippen LogP contribution in [0.5, 0.6) is 0 Å². The van der Waals surface area contributed by atoms with Crippen molar-refractivity contribution in [3.05, 3.63) is 29.3 Å². The van der Waals surface area contributed by atoms with Gasteiger partial charge in [-0.05, 0) is 62.9 Å². The molecule has 0 saturated heterocycles. The molecular formula is C18H30N2. The zero-order valence-corrected chi connectivity index (χ0v) is 13.6. The lowest BCUT2D eigenvalue weighted by molar-refractivity contribution is 0.356. The van der Waals surface area contributed by atoms with E-state index < -0.39 is 0 Å². The molecule has 1 aromatic carbocycles. The Labute approximate surface area is 124 Å². The van der Waals surface area contributed by atoms with Crippen LogP contribution in [0.3, 0.4) is 0 Å². The molecule has 1 N–H and O–H groups in total. The SMILES string of the molecule is CNC1CCCCCC1CN(C)c1cc(C)cc(C)c1. The molecule has 2 heteroatoms. The highest BCUT2D eigenvalue weighted by atomic mass is 15.1. The smallest absolute Gasteiger partial charge is 0.0369 e. The van der Waals surface area contributed by atoms with Gasteiger partial charge in [-0.3, -0.25) is 0 Å². The van der Waals surface area contributed by atoms with Crippen LogP contribution < -0.4 is 10.2 Å². The molecule has 2 rings (SSSR count). The molecule has 0 spiro atoms. The number of benzene rings is 1. The van der Waals surface area contributed by atoms with Gasteiger partial charge in [-0.2, -0.15) is 0 Å². The van der Waals surface area contributed by atoms with Crippen LogP contribution in [0.15, 0.2) is 18.2 Å². The van der Waals surface area contributed by atoms with Crippen molar-refractivity contribution in [3.63, 3.8) is 0 Å². The van der Waals surface area contributed by atoms with E-state index in [9.17, 15) is 0 Å². The Morgan fingerprint density at radius 2 is 1.70 bits per heavy atom. The summed E-state index contributed by atoms with van der Waals surface area (Å²) in [4.78, 5) is 2.44. The summed E-state index contributed by atoms with van der Waals surface area (Å²) in [7, 11) is 4.37. The first-order valence-corrected chi connectivity index (χ1v) is 8.07. The topological polar surface area (TPSA) is 15.3 Å². The molecule has 1 aliphatic carbocycles. The maximum Gasteiger partial charge on any atom is 0.0369 e. The van der Waals surface area contributed by atoms with Crippen molar-refractivity contribution in [3.8, 4) is 0 Å². The van der Waals surface area contributed by atoms with Gasteiger partial charge < -0.3 is 10.2 Å². The monoisotopic (exact) mass is 274 g/mol. The van der Waals surface area contributed by atoms with Crippen LogP contribution in [-0.2, 0) is 0 Å². The van der Waals surface area contributed by atoms with Crippen LogP contribution >= 0.6 is 0 Å². The molecule has 1 aliphatic rings. The lowest BCUT2D eigenvalue weighted by atomic mass is 9.94. The Bertz CT molecular complexity index is 407. The molecule has 0 heterocycles. The van der Waals surface area contributed by atoms with Crippen molar-refractivity contribution in [1.82, 2.24) is 5.32 Å². The number of nitrogens with zero attached hydrogens (tertiary/aromatic N) is 1. The standard InChI is InChI=1S/C18H30N2/c1-14-10-15(2)12-17(11-14)20(4)13-16-8-6-5-7-9-18(16)19-3/h10-12,16,18-19H,5-9,13H2,1-4H3. The van der Waals surface area contributed by atoms with E-state index in [0.717, 1.165) is 12.5 Å². The summed E-state index contributed by atoms with van der Waals surface area (Å²) >= 11 is 0. The van der Waals surface area contributed by atoms with Crippen LogP contribution in [-0.4, -0.2) is 26.7 Å². The van der Waals surface area contributed by atoms with Gasteiger partial charge in [0, 0.05) is 25.3 Å². The van der Waals surface area contributed by atoms with Gasteiger partial charge in [-0.25, -0.2) is 0 Å². The fourth-order valence-corrected chi connectivity index (χ4v) is 3.61. The predicted octanol–water partition coefficient (Wildman–Crippen LogP) is 3.91. The van der Waals surface area contributed by atoms with Crippen molar-refractivity contribution in [2.45, 2.75) is 52.0 Å². The quantitative estimate of drug-likeness (QED) is 0.838. The van der Waals surface area contributed by atoms with Gasteiger partial charge in [0.2, 0.25) is 0 Å². The fraction of sp³-hybridized carbons (Fsp3) is 0.667. The summed E-state index contributed by atoms with van der Waals surface area (Å²) in [5.41, 5.74) is 4.08. The molecule has 0 aliphatic heterocycles. The molecular weight excluding hydrogens is 244 g/mol. The predicted molar refractivity (Wildman–Crippen MR) is 88.6 cm³/mol. The van der Waals surface area contributed by atoms with Crippen LogP contribution in [0.25, 0.3) is 0 Å².